The van der Waals surface area contributed by atoms with E-state index >= 15 is 0 Å². The molecule has 1 aliphatic rings. The first-order valence-electron chi connectivity index (χ1n) is 8.99. The van der Waals surface area contributed by atoms with Crippen LogP contribution in [0.1, 0.15) is 5.56 Å². The lowest BCUT2D eigenvalue weighted by Gasteiger charge is -2.27. The maximum Gasteiger partial charge on any atom is 0.328 e. The average molecular weight is 409 g/mol. The lowest BCUT2D eigenvalue weighted by atomic mass is 10.2. The molecule has 0 spiro atoms. The first kappa shape index (κ1) is 18.9. The molecule has 0 radical (unpaired) electrons. The summed E-state index contributed by atoms with van der Waals surface area (Å²) < 4.78 is 11.2. The third-order valence-electron chi connectivity index (χ3n) is 4.17. The zero-order chi connectivity index (χ0) is 20.1. The molecule has 0 saturated carbocycles. The molecular formula is C20H17ClN6O2. The Bertz CT molecular complexity index is 1030. The van der Waals surface area contributed by atoms with Crippen LogP contribution in [0.4, 0.5) is 17.6 Å². The minimum absolute atomic E-state index is 0.149. The third kappa shape index (κ3) is 4.90. The lowest BCUT2D eigenvalue weighted by molar-refractivity contribution is 0.122. The predicted molar refractivity (Wildman–Crippen MR) is 109 cm³/mol. The molecular weight excluding hydrogens is 392 g/mol. The van der Waals surface area contributed by atoms with Gasteiger partial charge in [-0.2, -0.15) is 20.2 Å². The number of halogens is 1. The standard InChI is InChI=1S/C20H17ClN6O2/c21-15-2-1-3-16(12-15)23-18-24-19(27-8-10-28-11-9-27)26-20(25-18)29-17-6-4-14(13-22)5-7-17/h1-7,12H,8-11H2,(H,23,24,25,26). The summed E-state index contributed by atoms with van der Waals surface area (Å²) in [5.74, 6) is 1.36. The van der Waals surface area contributed by atoms with E-state index < -0.39 is 0 Å². The van der Waals surface area contributed by atoms with E-state index in [1.807, 2.05) is 17.0 Å². The summed E-state index contributed by atoms with van der Waals surface area (Å²) in [5.41, 5.74) is 1.30. The topological polar surface area (TPSA) is 96.2 Å². The van der Waals surface area contributed by atoms with E-state index in [1.165, 1.54) is 0 Å². The molecule has 1 N–H and O–H groups in total. The largest absolute Gasteiger partial charge is 0.424 e. The van der Waals surface area contributed by atoms with Crippen molar-refractivity contribution in [2.24, 2.45) is 0 Å². The molecule has 1 fully saturated rings. The Morgan fingerprint density at radius 1 is 1.07 bits per heavy atom. The molecule has 9 heteroatoms. The summed E-state index contributed by atoms with van der Waals surface area (Å²) in [5, 5.41) is 12.7. The van der Waals surface area contributed by atoms with Crippen molar-refractivity contribution in [2.45, 2.75) is 0 Å². The number of benzene rings is 2. The Morgan fingerprint density at radius 2 is 1.86 bits per heavy atom. The third-order valence-corrected chi connectivity index (χ3v) is 4.41. The molecule has 3 aromatic rings. The van der Waals surface area contributed by atoms with Gasteiger partial charge in [-0.15, -0.1) is 0 Å². The molecule has 8 nitrogen and oxygen atoms in total. The van der Waals surface area contributed by atoms with Crippen LogP contribution in [0.15, 0.2) is 48.5 Å². The van der Waals surface area contributed by atoms with Gasteiger partial charge in [0, 0.05) is 23.8 Å². The smallest absolute Gasteiger partial charge is 0.328 e. The Labute approximate surface area is 172 Å². The highest BCUT2D eigenvalue weighted by Gasteiger charge is 2.17. The molecule has 1 aliphatic heterocycles. The number of morpholine rings is 1. The molecule has 0 unspecified atom stereocenters. The highest BCUT2D eigenvalue weighted by Crippen LogP contribution is 2.24. The molecule has 0 bridgehead atoms. The van der Waals surface area contributed by atoms with E-state index in [9.17, 15) is 0 Å². The summed E-state index contributed by atoms with van der Waals surface area (Å²) in [4.78, 5) is 15.4. The van der Waals surface area contributed by atoms with Crippen LogP contribution in [0.2, 0.25) is 5.02 Å². The van der Waals surface area contributed by atoms with Gasteiger partial charge in [-0.25, -0.2) is 0 Å². The number of nitrogens with zero attached hydrogens (tertiary/aromatic N) is 5. The number of aromatic nitrogens is 3. The summed E-state index contributed by atoms with van der Waals surface area (Å²) in [7, 11) is 0. The van der Waals surface area contributed by atoms with E-state index in [0.29, 0.717) is 54.5 Å². The fourth-order valence-corrected chi connectivity index (χ4v) is 2.94. The van der Waals surface area contributed by atoms with Gasteiger partial charge in [0.2, 0.25) is 11.9 Å². The summed E-state index contributed by atoms with van der Waals surface area (Å²) in [6.45, 7) is 2.57. The van der Waals surface area contributed by atoms with Gasteiger partial charge in [0.25, 0.3) is 0 Å². The molecule has 29 heavy (non-hydrogen) atoms. The molecule has 0 atom stereocenters. The number of nitriles is 1. The number of nitrogens with one attached hydrogen (secondary N) is 1. The first-order chi connectivity index (χ1) is 14.2. The van der Waals surface area contributed by atoms with Gasteiger partial charge in [0.05, 0.1) is 24.8 Å². The van der Waals surface area contributed by atoms with Crippen LogP contribution < -0.4 is 15.0 Å². The van der Waals surface area contributed by atoms with Crippen LogP contribution in [-0.2, 0) is 4.74 Å². The first-order valence-corrected chi connectivity index (χ1v) is 9.37. The Hall–Kier alpha value is -3.41. The number of hydrogen-bond acceptors (Lipinski definition) is 8. The molecule has 0 amide bonds. The number of ether oxygens (including phenoxy) is 2. The fraction of sp³-hybridized carbons (Fsp3) is 0.200. The van der Waals surface area contributed by atoms with Crippen molar-refractivity contribution in [1.82, 2.24) is 15.0 Å². The minimum Gasteiger partial charge on any atom is -0.424 e. The Balaban J connectivity index is 1.64. The Kier molecular flexibility index (Phi) is 5.70. The van der Waals surface area contributed by atoms with Gasteiger partial charge in [0.1, 0.15) is 5.75 Å². The van der Waals surface area contributed by atoms with Gasteiger partial charge in [-0.1, -0.05) is 17.7 Å². The fourth-order valence-electron chi connectivity index (χ4n) is 2.75. The minimum atomic E-state index is 0.149. The molecule has 1 saturated heterocycles. The molecule has 4 rings (SSSR count). The Morgan fingerprint density at radius 3 is 2.59 bits per heavy atom. The second-order valence-corrected chi connectivity index (χ2v) is 6.65. The lowest BCUT2D eigenvalue weighted by Crippen LogP contribution is -2.37. The van der Waals surface area contributed by atoms with E-state index in [4.69, 9.17) is 26.3 Å². The van der Waals surface area contributed by atoms with Gasteiger partial charge >= 0.3 is 6.01 Å². The highest BCUT2D eigenvalue weighted by molar-refractivity contribution is 6.30. The number of hydrogen-bond donors (Lipinski definition) is 1. The predicted octanol–water partition coefficient (Wildman–Crippen LogP) is 3.77. The van der Waals surface area contributed by atoms with Crippen molar-refractivity contribution in [3.8, 4) is 17.8 Å². The van der Waals surface area contributed by atoms with Crippen LogP contribution in [0.25, 0.3) is 0 Å². The quantitative estimate of drug-likeness (QED) is 0.681. The maximum absolute atomic E-state index is 8.94. The van der Waals surface area contributed by atoms with Crippen molar-refractivity contribution in [1.29, 1.82) is 5.26 Å². The van der Waals surface area contributed by atoms with Crippen molar-refractivity contribution in [2.75, 3.05) is 36.5 Å². The van der Waals surface area contributed by atoms with E-state index in [2.05, 4.69) is 26.3 Å². The zero-order valence-corrected chi connectivity index (χ0v) is 16.1. The van der Waals surface area contributed by atoms with Gasteiger partial charge in [-0.05, 0) is 42.5 Å². The van der Waals surface area contributed by atoms with Crippen molar-refractivity contribution in [3.63, 3.8) is 0 Å². The SMILES string of the molecule is N#Cc1ccc(Oc2nc(Nc3cccc(Cl)c3)nc(N3CCOCC3)n2)cc1. The van der Waals surface area contributed by atoms with Gasteiger partial charge in [-0.3, -0.25) is 0 Å². The summed E-state index contributed by atoms with van der Waals surface area (Å²) in [6.07, 6.45) is 0. The number of rotatable bonds is 5. The molecule has 2 aromatic carbocycles. The van der Waals surface area contributed by atoms with Crippen molar-refractivity contribution >= 4 is 29.2 Å². The van der Waals surface area contributed by atoms with Crippen LogP contribution >= 0.6 is 11.6 Å². The second kappa shape index (κ2) is 8.73. The molecule has 2 heterocycles. The molecule has 1 aromatic heterocycles. The average Bonchev–Trinajstić information content (AvgIpc) is 2.75. The summed E-state index contributed by atoms with van der Waals surface area (Å²) in [6, 6.07) is 16.2. The van der Waals surface area contributed by atoms with Crippen molar-refractivity contribution in [3.05, 3.63) is 59.1 Å². The summed E-state index contributed by atoms with van der Waals surface area (Å²) >= 11 is 6.06. The van der Waals surface area contributed by atoms with Gasteiger partial charge < -0.3 is 19.7 Å². The van der Waals surface area contributed by atoms with Crippen LogP contribution in [0.5, 0.6) is 11.8 Å². The highest BCUT2D eigenvalue weighted by atomic mass is 35.5. The zero-order valence-electron chi connectivity index (χ0n) is 15.4. The number of anilines is 3. The van der Waals surface area contributed by atoms with Crippen molar-refractivity contribution < 1.29 is 9.47 Å². The van der Waals surface area contributed by atoms with Gasteiger partial charge in [0.15, 0.2) is 0 Å². The van der Waals surface area contributed by atoms with E-state index in [-0.39, 0.29) is 6.01 Å². The second-order valence-electron chi connectivity index (χ2n) is 6.21. The normalized spacial score (nSPS) is 13.6. The van der Waals surface area contributed by atoms with Crippen LogP contribution in [0, 0.1) is 11.3 Å². The molecule has 0 aliphatic carbocycles. The molecule has 146 valence electrons. The van der Waals surface area contributed by atoms with E-state index in [0.717, 1.165) is 5.69 Å². The van der Waals surface area contributed by atoms with Crippen LogP contribution in [-0.4, -0.2) is 41.3 Å². The van der Waals surface area contributed by atoms with Crippen LogP contribution in [0.3, 0.4) is 0 Å². The maximum atomic E-state index is 8.94. The van der Waals surface area contributed by atoms with E-state index in [1.54, 1.807) is 36.4 Å². The monoisotopic (exact) mass is 408 g/mol.